The van der Waals surface area contributed by atoms with Crippen LogP contribution in [0, 0.1) is 0 Å². The summed E-state index contributed by atoms with van der Waals surface area (Å²) < 4.78 is 5.59. The molecule has 1 aliphatic heterocycles. The summed E-state index contributed by atoms with van der Waals surface area (Å²) in [6.45, 7) is 5.31. The summed E-state index contributed by atoms with van der Waals surface area (Å²) in [4.78, 5) is 2.44. The molecular weight excluding hydrogens is 268 g/mol. The molecule has 2 unspecified atom stereocenters. The zero-order valence-electron chi connectivity index (χ0n) is 13.0. The first-order valence-electron chi connectivity index (χ1n) is 7.39. The van der Waals surface area contributed by atoms with E-state index in [9.17, 15) is 0 Å². The number of nitrogens with zero attached hydrogens (tertiary/aromatic N) is 1. The molecule has 0 bridgehead atoms. The molecule has 1 aromatic rings. The maximum Gasteiger partial charge on any atom is 0.125 e. The molecule has 0 saturated carbocycles. The normalized spacial score (nSPS) is 19.9. The van der Waals surface area contributed by atoms with E-state index in [1.807, 2.05) is 0 Å². The molecule has 0 aliphatic carbocycles. The second kappa shape index (κ2) is 7.23. The molecule has 1 aliphatic rings. The molecule has 4 heteroatoms. The van der Waals surface area contributed by atoms with E-state index in [1.54, 1.807) is 7.11 Å². The van der Waals surface area contributed by atoms with Crippen molar-refractivity contribution in [2.24, 2.45) is 0 Å². The van der Waals surface area contributed by atoms with Gasteiger partial charge in [0.25, 0.3) is 0 Å². The van der Waals surface area contributed by atoms with E-state index >= 15 is 0 Å². The number of ether oxygens (including phenoxy) is 1. The fraction of sp³-hybridized carbons (Fsp3) is 0.625. The van der Waals surface area contributed by atoms with Crippen LogP contribution < -0.4 is 15.0 Å². The van der Waals surface area contributed by atoms with Crippen LogP contribution in [0.25, 0.3) is 0 Å². The van der Waals surface area contributed by atoms with E-state index in [2.05, 4.69) is 61.1 Å². The highest BCUT2D eigenvalue weighted by atomic mass is 32.2. The Kier molecular flexibility index (Phi) is 5.61. The van der Waals surface area contributed by atoms with E-state index in [-0.39, 0.29) is 0 Å². The summed E-state index contributed by atoms with van der Waals surface area (Å²) in [5, 5.41) is 3.51. The highest BCUT2D eigenvalue weighted by Gasteiger charge is 2.24. The van der Waals surface area contributed by atoms with E-state index in [4.69, 9.17) is 4.74 Å². The first-order valence-corrected chi connectivity index (χ1v) is 8.55. The highest BCUT2D eigenvalue weighted by molar-refractivity contribution is 7.99. The van der Waals surface area contributed by atoms with Crippen molar-refractivity contribution < 1.29 is 4.74 Å². The van der Waals surface area contributed by atoms with Gasteiger partial charge in [0.1, 0.15) is 5.75 Å². The van der Waals surface area contributed by atoms with Gasteiger partial charge < -0.3 is 15.0 Å². The molecule has 1 saturated heterocycles. The predicted molar refractivity (Wildman–Crippen MR) is 89.2 cm³/mol. The molecule has 2 atom stereocenters. The van der Waals surface area contributed by atoms with Crippen molar-refractivity contribution in [1.82, 2.24) is 5.32 Å². The van der Waals surface area contributed by atoms with Crippen molar-refractivity contribution in [2.75, 3.05) is 37.1 Å². The summed E-state index contributed by atoms with van der Waals surface area (Å²) in [5.41, 5.74) is 2.57. The van der Waals surface area contributed by atoms with Crippen molar-refractivity contribution in [3.63, 3.8) is 0 Å². The van der Waals surface area contributed by atoms with E-state index in [1.165, 1.54) is 29.2 Å². The van der Waals surface area contributed by atoms with Crippen LogP contribution in [0.5, 0.6) is 5.75 Å². The molecule has 0 spiro atoms. The Hall–Kier alpha value is -0.870. The van der Waals surface area contributed by atoms with Crippen molar-refractivity contribution >= 4 is 17.4 Å². The Labute approximate surface area is 127 Å². The van der Waals surface area contributed by atoms with Crippen LogP contribution in [0.3, 0.4) is 0 Å². The van der Waals surface area contributed by atoms with Gasteiger partial charge in [-0.15, -0.1) is 0 Å². The third kappa shape index (κ3) is 3.23. The van der Waals surface area contributed by atoms with Crippen molar-refractivity contribution in [1.29, 1.82) is 0 Å². The van der Waals surface area contributed by atoms with Gasteiger partial charge in [0, 0.05) is 36.1 Å². The van der Waals surface area contributed by atoms with E-state index in [0.717, 1.165) is 12.3 Å². The molecule has 20 heavy (non-hydrogen) atoms. The zero-order valence-corrected chi connectivity index (χ0v) is 13.8. The zero-order chi connectivity index (χ0) is 14.5. The van der Waals surface area contributed by atoms with E-state index < -0.39 is 0 Å². The minimum Gasteiger partial charge on any atom is -0.496 e. The lowest BCUT2D eigenvalue weighted by atomic mass is 10.0. The summed E-state index contributed by atoms with van der Waals surface area (Å²) >= 11 is 2.05. The summed E-state index contributed by atoms with van der Waals surface area (Å²) in [6, 6.07) is 7.30. The van der Waals surface area contributed by atoms with Crippen LogP contribution in [0.4, 0.5) is 5.69 Å². The van der Waals surface area contributed by atoms with E-state index in [0.29, 0.717) is 12.1 Å². The third-order valence-electron chi connectivity index (χ3n) is 4.04. The Morgan fingerprint density at radius 2 is 2.30 bits per heavy atom. The minimum atomic E-state index is 0.294. The molecule has 3 nitrogen and oxygen atoms in total. The molecule has 1 heterocycles. The number of methoxy groups -OCH3 is 1. The number of hydrogen-bond donors (Lipinski definition) is 1. The van der Waals surface area contributed by atoms with Gasteiger partial charge in [-0.3, -0.25) is 0 Å². The second-order valence-electron chi connectivity index (χ2n) is 5.30. The van der Waals surface area contributed by atoms with Gasteiger partial charge in [-0.1, -0.05) is 13.0 Å². The number of rotatable bonds is 6. The highest BCUT2D eigenvalue weighted by Crippen LogP contribution is 2.36. The average Bonchev–Trinajstić information content (AvgIpc) is 3.00. The van der Waals surface area contributed by atoms with Crippen LogP contribution >= 0.6 is 11.8 Å². The number of nitrogens with one attached hydrogen (secondary N) is 1. The molecule has 0 radical (unpaired) electrons. The van der Waals surface area contributed by atoms with Gasteiger partial charge in [-0.2, -0.15) is 11.8 Å². The topological polar surface area (TPSA) is 24.5 Å². The lowest BCUT2D eigenvalue weighted by Crippen LogP contribution is -2.33. The Morgan fingerprint density at radius 3 is 2.90 bits per heavy atom. The summed E-state index contributed by atoms with van der Waals surface area (Å²) in [7, 11) is 3.97. The monoisotopic (exact) mass is 294 g/mol. The van der Waals surface area contributed by atoms with Gasteiger partial charge in [-0.05, 0) is 37.8 Å². The van der Waals surface area contributed by atoms with Crippen molar-refractivity contribution in [3.05, 3.63) is 23.8 Å². The SMILES string of the molecule is CCNC(C)c1c(OC)cccc1N(C)C1CCSC1. The van der Waals surface area contributed by atoms with Crippen LogP contribution in [-0.4, -0.2) is 38.2 Å². The van der Waals surface area contributed by atoms with Crippen LogP contribution in [0.15, 0.2) is 18.2 Å². The Balaban J connectivity index is 2.35. The summed E-state index contributed by atoms with van der Waals surface area (Å²) in [5.74, 6) is 3.48. The first kappa shape index (κ1) is 15.5. The maximum absolute atomic E-state index is 5.59. The van der Waals surface area contributed by atoms with Gasteiger partial charge in [0.15, 0.2) is 0 Å². The second-order valence-corrected chi connectivity index (χ2v) is 6.45. The van der Waals surface area contributed by atoms with Gasteiger partial charge in [0.05, 0.1) is 7.11 Å². The minimum absolute atomic E-state index is 0.294. The Morgan fingerprint density at radius 1 is 1.50 bits per heavy atom. The fourth-order valence-corrected chi connectivity index (χ4v) is 4.15. The average molecular weight is 294 g/mol. The molecule has 2 rings (SSSR count). The van der Waals surface area contributed by atoms with Gasteiger partial charge >= 0.3 is 0 Å². The molecular formula is C16H26N2OS. The van der Waals surface area contributed by atoms with Crippen LogP contribution in [-0.2, 0) is 0 Å². The lowest BCUT2D eigenvalue weighted by molar-refractivity contribution is 0.402. The Bertz CT molecular complexity index is 432. The molecule has 1 N–H and O–H groups in total. The fourth-order valence-electron chi connectivity index (χ4n) is 2.89. The largest absolute Gasteiger partial charge is 0.496 e. The molecule has 112 valence electrons. The molecule has 0 aromatic heterocycles. The van der Waals surface area contributed by atoms with Crippen molar-refractivity contribution in [2.45, 2.75) is 32.4 Å². The lowest BCUT2D eigenvalue weighted by Gasteiger charge is -2.31. The summed E-state index contributed by atoms with van der Waals surface area (Å²) in [6.07, 6.45) is 1.27. The van der Waals surface area contributed by atoms with Crippen molar-refractivity contribution in [3.8, 4) is 5.75 Å². The number of anilines is 1. The first-order chi connectivity index (χ1) is 9.69. The van der Waals surface area contributed by atoms with Crippen LogP contribution in [0.1, 0.15) is 31.9 Å². The quantitative estimate of drug-likeness (QED) is 0.870. The maximum atomic E-state index is 5.59. The standard InChI is InChI=1S/C16H26N2OS/c1-5-17-12(2)16-14(7-6-8-15(16)19-4)18(3)13-9-10-20-11-13/h6-8,12-13,17H,5,9-11H2,1-4H3. The predicted octanol–water partition coefficient (Wildman–Crippen LogP) is 3.31. The molecule has 1 aromatic carbocycles. The van der Waals surface area contributed by atoms with Gasteiger partial charge in [0.2, 0.25) is 0 Å². The molecule has 0 amide bonds. The number of benzene rings is 1. The van der Waals surface area contributed by atoms with Gasteiger partial charge in [-0.25, -0.2) is 0 Å². The number of thioether (sulfide) groups is 1. The van der Waals surface area contributed by atoms with Crippen LogP contribution in [0.2, 0.25) is 0 Å². The number of hydrogen-bond acceptors (Lipinski definition) is 4. The smallest absolute Gasteiger partial charge is 0.125 e. The third-order valence-corrected chi connectivity index (χ3v) is 5.18. The molecule has 1 fully saturated rings.